The highest BCUT2D eigenvalue weighted by Gasteiger charge is 2.21. The third-order valence-electron chi connectivity index (χ3n) is 3.02. The minimum Gasteiger partial charge on any atom is -0.350 e. The van der Waals surface area contributed by atoms with Gasteiger partial charge in [0.25, 0.3) is 0 Å². The standard InChI is InChI=1S/2C7H14O2.CH4/c2*1-5-4-6(2)9-7(3)8-5;/h2*5-7H,4H2,1-3H3;1H4. The van der Waals surface area contributed by atoms with Crippen molar-refractivity contribution in [1.29, 1.82) is 0 Å². The van der Waals surface area contributed by atoms with Crippen molar-refractivity contribution in [2.75, 3.05) is 0 Å². The van der Waals surface area contributed by atoms with Crippen molar-refractivity contribution >= 4 is 0 Å². The molecule has 4 heteroatoms. The average molecular weight is 276 g/mol. The van der Waals surface area contributed by atoms with E-state index in [2.05, 4.69) is 27.7 Å². The van der Waals surface area contributed by atoms with Gasteiger partial charge in [0.05, 0.1) is 24.4 Å². The van der Waals surface area contributed by atoms with Gasteiger partial charge in [-0.2, -0.15) is 0 Å². The lowest BCUT2D eigenvalue weighted by atomic mass is 10.2. The summed E-state index contributed by atoms with van der Waals surface area (Å²) in [4.78, 5) is 0. The highest BCUT2D eigenvalue weighted by Crippen LogP contribution is 2.17. The maximum atomic E-state index is 5.33. The summed E-state index contributed by atoms with van der Waals surface area (Å²) in [6, 6.07) is 0. The van der Waals surface area contributed by atoms with Crippen molar-refractivity contribution < 1.29 is 18.9 Å². The van der Waals surface area contributed by atoms with Gasteiger partial charge >= 0.3 is 0 Å². The van der Waals surface area contributed by atoms with Crippen LogP contribution in [0.1, 0.15) is 61.8 Å². The summed E-state index contributed by atoms with van der Waals surface area (Å²) in [5.74, 6) is 0. The molecule has 116 valence electrons. The molecule has 2 rings (SSSR count). The van der Waals surface area contributed by atoms with Gasteiger partial charge in [-0.05, 0) is 54.4 Å². The highest BCUT2D eigenvalue weighted by atomic mass is 16.7. The van der Waals surface area contributed by atoms with Gasteiger partial charge < -0.3 is 18.9 Å². The minimum atomic E-state index is -0.0104. The number of hydrogen-bond donors (Lipinski definition) is 0. The smallest absolute Gasteiger partial charge is 0.155 e. The van der Waals surface area contributed by atoms with Crippen LogP contribution in [0.15, 0.2) is 0 Å². The van der Waals surface area contributed by atoms with Gasteiger partial charge in [0, 0.05) is 0 Å². The van der Waals surface area contributed by atoms with E-state index in [9.17, 15) is 0 Å². The lowest BCUT2D eigenvalue weighted by Gasteiger charge is -2.30. The Hall–Kier alpha value is -0.160. The summed E-state index contributed by atoms with van der Waals surface area (Å²) in [6.45, 7) is 12.2. The first-order valence-corrected chi connectivity index (χ1v) is 6.98. The molecule has 19 heavy (non-hydrogen) atoms. The first-order chi connectivity index (χ1) is 8.36. The summed E-state index contributed by atoms with van der Waals surface area (Å²) >= 11 is 0. The third-order valence-corrected chi connectivity index (χ3v) is 3.02. The first kappa shape index (κ1) is 18.8. The number of hydrogen-bond acceptors (Lipinski definition) is 4. The Balaban J connectivity index is 0.000000324. The van der Waals surface area contributed by atoms with Gasteiger partial charge in [-0.15, -0.1) is 0 Å². The number of rotatable bonds is 0. The van der Waals surface area contributed by atoms with Crippen LogP contribution in [-0.4, -0.2) is 37.0 Å². The molecule has 2 aliphatic rings. The van der Waals surface area contributed by atoms with Crippen LogP contribution in [0.5, 0.6) is 0 Å². The van der Waals surface area contributed by atoms with Gasteiger partial charge in [-0.3, -0.25) is 0 Å². The molecular formula is C15H32O4. The Morgan fingerprint density at radius 2 is 0.737 bits per heavy atom. The molecule has 2 fully saturated rings. The highest BCUT2D eigenvalue weighted by molar-refractivity contribution is 4.63. The van der Waals surface area contributed by atoms with Crippen LogP contribution in [0, 0.1) is 0 Å². The summed E-state index contributed by atoms with van der Waals surface area (Å²) < 4.78 is 21.3. The molecular weight excluding hydrogens is 244 g/mol. The Labute approximate surface area is 118 Å². The minimum absolute atomic E-state index is 0. The Bertz CT molecular complexity index is 160. The van der Waals surface area contributed by atoms with E-state index in [0.717, 1.165) is 12.8 Å². The van der Waals surface area contributed by atoms with Crippen molar-refractivity contribution in [1.82, 2.24) is 0 Å². The van der Waals surface area contributed by atoms with E-state index >= 15 is 0 Å². The molecule has 0 amide bonds. The van der Waals surface area contributed by atoms with Crippen LogP contribution in [0.2, 0.25) is 0 Å². The van der Waals surface area contributed by atoms with E-state index in [4.69, 9.17) is 18.9 Å². The molecule has 4 unspecified atom stereocenters. The number of ether oxygens (including phenoxy) is 4. The van der Waals surface area contributed by atoms with Crippen LogP contribution in [0.3, 0.4) is 0 Å². The molecule has 0 aliphatic carbocycles. The molecule has 0 aromatic carbocycles. The van der Waals surface area contributed by atoms with E-state index in [1.54, 1.807) is 0 Å². The molecule has 0 spiro atoms. The van der Waals surface area contributed by atoms with E-state index in [1.807, 2.05) is 13.8 Å². The normalized spacial score (nSPS) is 42.6. The molecule has 4 atom stereocenters. The third kappa shape index (κ3) is 7.88. The fourth-order valence-corrected chi connectivity index (χ4v) is 2.53. The largest absolute Gasteiger partial charge is 0.350 e. The van der Waals surface area contributed by atoms with Gasteiger partial charge in [0.2, 0.25) is 0 Å². The Morgan fingerprint density at radius 3 is 0.895 bits per heavy atom. The summed E-state index contributed by atoms with van der Waals surface area (Å²) in [5.41, 5.74) is 0. The quantitative estimate of drug-likeness (QED) is 0.675. The monoisotopic (exact) mass is 276 g/mol. The van der Waals surface area contributed by atoms with Crippen LogP contribution in [0.4, 0.5) is 0 Å². The van der Waals surface area contributed by atoms with E-state index < -0.39 is 0 Å². The summed E-state index contributed by atoms with van der Waals surface area (Å²) in [7, 11) is 0. The first-order valence-electron chi connectivity index (χ1n) is 6.98. The molecule has 2 heterocycles. The zero-order valence-corrected chi connectivity index (χ0v) is 12.5. The van der Waals surface area contributed by atoms with Crippen LogP contribution in [0.25, 0.3) is 0 Å². The fourth-order valence-electron chi connectivity index (χ4n) is 2.53. The summed E-state index contributed by atoms with van der Waals surface area (Å²) in [6.07, 6.45) is 3.47. The lowest BCUT2D eigenvalue weighted by Crippen LogP contribution is -2.33. The van der Waals surface area contributed by atoms with Crippen LogP contribution in [-0.2, 0) is 18.9 Å². The summed E-state index contributed by atoms with van der Waals surface area (Å²) in [5, 5.41) is 0. The topological polar surface area (TPSA) is 36.9 Å². The van der Waals surface area contributed by atoms with Crippen LogP contribution >= 0.6 is 0 Å². The zero-order chi connectivity index (χ0) is 13.7. The molecule has 0 aromatic rings. The van der Waals surface area contributed by atoms with Gasteiger partial charge in [0.15, 0.2) is 12.6 Å². The second kappa shape index (κ2) is 8.90. The Morgan fingerprint density at radius 1 is 0.526 bits per heavy atom. The second-order valence-corrected chi connectivity index (χ2v) is 5.39. The maximum absolute atomic E-state index is 5.33. The predicted octanol–water partition coefficient (Wildman–Crippen LogP) is 3.73. The van der Waals surface area contributed by atoms with Gasteiger partial charge in [-0.25, -0.2) is 0 Å². The average Bonchev–Trinajstić information content (AvgIpc) is 2.12. The molecule has 0 aromatic heterocycles. The molecule has 0 N–H and O–H groups in total. The molecule has 0 saturated carbocycles. The van der Waals surface area contributed by atoms with Crippen molar-refractivity contribution in [3.05, 3.63) is 0 Å². The van der Waals surface area contributed by atoms with Crippen molar-refractivity contribution in [2.24, 2.45) is 0 Å². The Kier molecular flexibility index (Phi) is 8.83. The molecule has 4 nitrogen and oxygen atoms in total. The van der Waals surface area contributed by atoms with Crippen molar-refractivity contribution in [2.45, 2.75) is 98.8 Å². The molecule has 2 saturated heterocycles. The van der Waals surface area contributed by atoms with Crippen molar-refractivity contribution in [3.63, 3.8) is 0 Å². The van der Waals surface area contributed by atoms with Crippen molar-refractivity contribution in [3.8, 4) is 0 Å². The zero-order valence-electron chi connectivity index (χ0n) is 12.5. The predicted molar refractivity (Wildman–Crippen MR) is 77.1 cm³/mol. The fraction of sp³-hybridized carbons (Fsp3) is 1.00. The lowest BCUT2D eigenvalue weighted by molar-refractivity contribution is -0.225. The second-order valence-electron chi connectivity index (χ2n) is 5.39. The van der Waals surface area contributed by atoms with E-state index in [-0.39, 0.29) is 20.0 Å². The maximum Gasteiger partial charge on any atom is 0.155 e. The van der Waals surface area contributed by atoms with Gasteiger partial charge in [0.1, 0.15) is 0 Å². The van der Waals surface area contributed by atoms with E-state index in [0.29, 0.717) is 24.4 Å². The SMILES string of the molecule is C.CC1CC(C)OC(C)O1.CC1CC(C)OC(C)O1. The molecule has 0 radical (unpaired) electrons. The molecule has 2 aliphatic heterocycles. The van der Waals surface area contributed by atoms with Gasteiger partial charge in [-0.1, -0.05) is 7.43 Å². The van der Waals surface area contributed by atoms with Crippen LogP contribution < -0.4 is 0 Å². The van der Waals surface area contributed by atoms with E-state index in [1.165, 1.54) is 0 Å². The molecule has 0 bridgehead atoms.